The first-order valence-electron chi connectivity index (χ1n) is 12.8. The van der Waals surface area contributed by atoms with Crippen LogP contribution in [0.15, 0.2) is 35.4 Å². The highest BCUT2D eigenvalue weighted by molar-refractivity contribution is 7.92. The van der Waals surface area contributed by atoms with Crippen LogP contribution >= 0.6 is 0 Å². The first-order chi connectivity index (χ1) is 18.7. The van der Waals surface area contributed by atoms with E-state index in [2.05, 4.69) is 19.5 Å². The molecular formula is C26H33F3N4O6S. The second-order valence-electron chi connectivity index (χ2n) is 10.0. The molecule has 40 heavy (non-hydrogen) atoms. The molecule has 2 fully saturated rings. The lowest BCUT2D eigenvalue weighted by Gasteiger charge is -2.36. The molecule has 0 radical (unpaired) electrons. The van der Waals surface area contributed by atoms with E-state index in [1.165, 1.54) is 25.1 Å². The number of aromatic nitrogens is 1. The third-order valence-corrected chi connectivity index (χ3v) is 8.29. The number of nitrogens with one attached hydrogen (secondary N) is 1. The van der Waals surface area contributed by atoms with Gasteiger partial charge in [-0.1, -0.05) is 6.07 Å². The van der Waals surface area contributed by atoms with Crippen molar-refractivity contribution in [2.24, 2.45) is 5.92 Å². The molecule has 1 aromatic heterocycles. The number of piperidine rings is 1. The number of anilines is 2. The molecule has 10 nitrogen and oxygen atoms in total. The SMILES string of the molecule is Cc1ccc(S(=O)(=O)Nc2cc(C(=O)O)cnc2N2CCCC(CN3CCCC3)C2)cc1C.O=C(O)C(F)(F)F. The molecule has 2 aliphatic heterocycles. The van der Waals surface area contributed by atoms with Gasteiger partial charge in [-0.3, -0.25) is 4.72 Å². The summed E-state index contributed by atoms with van der Waals surface area (Å²) in [5, 5.41) is 16.6. The molecule has 4 rings (SSSR count). The van der Waals surface area contributed by atoms with E-state index in [4.69, 9.17) is 9.90 Å². The van der Waals surface area contributed by atoms with Crippen molar-refractivity contribution in [3.63, 3.8) is 0 Å². The molecule has 0 spiro atoms. The molecular weight excluding hydrogens is 553 g/mol. The van der Waals surface area contributed by atoms with Gasteiger partial charge in [-0.25, -0.2) is 23.0 Å². The van der Waals surface area contributed by atoms with Gasteiger partial charge in [-0.05, 0) is 87.9 Å². The molecule has 0 amide bonds. The van der Waals surface area contributed by atoms with Gasteiger partial charge in [0.2, 0.25) is 0 Å². The predicted molar refractivity (Wildman–Crippen MR) is 142 cm³/mol. The average molecular weight is 587 g/mol. The summed E-state index contributed by atoms with van der Waals surface area (Å²) in [6.45, 7) is 8.63. The molecule has 3 heterocycles. The summed E-state index contributed by atoms with van der Waals surface area (Å²) in [4.78, 5) is 29.6. The topological polar surface area (TPSA) is 140 Å². The van der Waals surface area contributed by atoms with E-state index in [9.17, 15) is 31.5 Å². The Kier molecular flexibility index (Phi) is 10.0. The number of carboxylic acids is 2. The highest BCUT2D eigenvalue weighted by atomic mass is 32.2. The van der Waals surface area contributed by atoms with Gasteiger partial charge in [0.25, 0.3) is 10.0 Å². The fraction of sp³-hybridized carbons (Fsp3) is 0.500. The monoisotopic (exact) mass is 586 g/mol. The normalized spacial score (nSPS) is 18.1. The highest BCUT2D eigenvalue weighted by Crippen LogP contribution is 2.31. The number of sulfonamides is 1. The highest BCUT2D eigenvalue weighted by Gasteiger charge is 2.38. The summed E-state index contributed by atoms with van der Waals surface area (Å²) < 4.78 is 60.7. The standard InChI is InChI=1S/C24H32N4O4S.C2HF3O2/c1-17-7-8-21(12-18(17)2)33(31,32)26-22-13-20(24(29)30)14-25-23(22)28-11-5-6-19(16-28)15-27-9-3-4-10-27;3-2(4,5)1(6)7/h7-8,12-14,19,26H,3-6,9-11,15-16H2,1-2H3,(H,29,30);(H,6,7). The Labute approximate surface area is 230 Å². The zero-order chi connectivity index (χ0) is 29.7. The summed E-state index contributed by atoms with van der Waals surface area (Å²) in [5.74, 6) is -2.95. The number of aliphatic carboxylic acids is 1. The first-order valence-corrected chi connectivity index (χ1v) is 14.3. The third kappa shape index (κ3) is 8.31. The Morgan fingerprint density at radius 3 is 2.27 bits per heavy atom. The van der Waals surface area contributed by atoms with Crippen LogP contribution < -0.4 is 9.62 Å². The van der Waals surface area contributed by atoms with Crippen LogP contribution in [0.25, 0.3) is 0 Å². The van der Waals surface area contributed by atoms with Crippen LogP contribution in [0.2, 0.25) is 0 Å². The number of likely N-dealkylation sites (tertiary alicyclic amines) is 1. The zero-order valence-corrected chi connectivity index (χ0v) is 23.1. The predicted octanol–water partition coefficient (Wildman–Crippen LogP) is 4.14. The average Bonchev–Trinajstić information content (AvgIpc) is 3.38. The number of hydrogen-bond donors (Lipinski definition) is 3. The van der Waals surface area contributed by atoms with Crippen LogP contribution in [-0.2, 0) is 14.8 Å². The molecule has 3 N–H and O–H groups in total. The number of benzene rings is 1. The Hall–Kier alpha value is -3.39. The maximum atomic E-state index is 13.2. The summed E-state index contributed by atoms with van der Waals surface area (Å²) >= 11 is 0. The van der Waals surface area contributed by atoms with Crippen LogP contribution in [0.3, 0.4) is 0 Å². The van der Waals surface area contributed by atoms with Gasteiger partial charge in [0.1, 0.15) is 0 Å². The molecule has 0 bridgehead atoms. The van der Waals surface area contributed by atoms with Gasteiger partial charge in [0.15, 0.2) is 5.82 Å². The summed E-state index contributed by atoms with van der Waals surface area (Å²) in [7, 11) is -3.91. The van der Waals surface area contributed by atoms with Gasteiger partial charge >= 0.3 is 18.1 Å². The molecule has 0 aliphatic carbocycles. The van der Waals surface area contributed by atoms with Crippen LogP contribution in [0.1, 0.15) is 47.2 Å². The number of rotatable bonds is 7. The molecule has 2 aliphatic rings. The van der Waals surface area contributed by atoms with Crippen molar-refractivity contribution < 1.29 is 41.4 Å². The van der Waals surface area contributed by atoms with Crippen molar-refractivity contribution in [3.8, 4) is 0 Å². The molecule has 1 atom stereocenters. The summed E-state index contributed by atoms with van der Waals surface area (Å²) in [6, 6.07) is 6.32. The van der Waals surface area contributed by atoms with Crippen molar-refractivity contribution in [1.29, 1.82) is 0 Å². The minimum atomic E-state index is -5.08. The van der Waals surface area contributed by atoms with Crippen molar-refractivity contribution >= 4 is 33.5 Å². The maximum Gasteiger partial charge on any atom is 0.490 e. The molecule has 220 valence electrons. The Bertz CT molecular complexity index is 1330. The Balaban J connectivity index is 0.000000559. The van der Waals surface area contributed by atoms with Crippen LogP contribution in [-0.4, -0.2) is 79.4 Å². The van der Waals surface area contributed by atoms with Gasteiger partial charge in [0.05, 0.1) is 16.1 Å². The van der Waals surface area contributed by atoms with Crippen LogP contribution in [0.5, 0.6) is 0 Å². The van der Waals surface area contributed by atoms with Crippen molar-refractivity contribution in [2.75, 3.05) is 42.3 Å². The molecule has 0 saturated carbocycles. The minimum absolute atomic E-state index is 0.0536. The van der Waals surface area contributed by atoms with E-state index in [1.807, 2.05) is 13.8 Å². The Morgan fingerprint density at radius 1 is 1.05 bits per heavy atom. The van der Waals surface area contributed by atoms with Gasteiger partial charge in [-0.15, -0.1) is 0 Å². The quantitative estimate of drug-likeness (QED) is 0.437. The number of hydrogen-bond acceptors (Lipinski definition) is 7. The van der Waals surface area contributed by atoms with Crippen molar-refractivity contribution in [1.82, 2.24) is 9.88 Å². The van der Waals surface area contributed by atoms with Gasteiger partial charge < -0.3 is 20.0 Å². The number of aryl methyl sites for hydroxylation is 2. The third-order valence-electron chi connectivity index (χ3n) is 6.92. The van der Waals surface area contributed by atoms with Gasteiger partial charge in [0, 0.05) is 25.8 Å². The second kappa shape index (κ2) is 12.9. The Morgan fingerprint density at radius 2 is 1.70 bits per heavy atom. The number of pyridine rings is 1. The molecule has 2 saturated heterocycles. The van der Waals surface area contributed by atoms with Crippen molar-refractivity contribution in [2.45, 2.75) is 50.6 Å². The number of halogens is 3. The maximum absolute atomic E-state index is 13.2. The molecule has 2 aromatic rings. The lowest BCUT2D eigenvalue weighted by atomic mass is 9.97. The van der Waals surface area contributed by atoms with E-state index in [0.717, 1.165) is 56.7 Å². The number of carboxylic acid groups (broad SMARTS) is 2. The van der Waals surface area contributed by atoms with E-state index < -0.39 is 28.1 Å². The number of nitrogens with zero attached hydrogens (tertiary/aromatic N) is 3. The number of carbonyl (C=O) groups is 2. The van der Waals surface area contributed by atoms with Crippen molar-refractivity contribution in [3.05, 3.63) is 47.2 Å². The lowest BCUT2D eigenvalue weighted by Crippen LogP contribution is -2.41. The van der Waals surface area contributed by atoms with Crippen LogP contribution in [0, 0.1) is 19.8 Å². The summed E-state index contributed by atoms with van der Waals surface area (Å²) in [6.07, 6.45) is 0.835. The molecule has 14 heteroatoms. The minimum Gasteiger partial charge on any atom is -0.478 e. The van der Waals surface area contributed by atoms with Gasteiger partial charge in [-0.2, -0.15) is 13.2 Å². The zero-order valence-electron chi connectivity index (χ0n) is 22.2. The number of alkyl halides is 3. The van der Waals surface area contributed by atoms with Crippen LogP contribution in [0.4, 0.5) is 24.7 Å². The van der Waals surface area contributed by atoms with E-state index in [1.54, 1.807) is 18.2 Å². The molecule has 1 aromatic carbocycles. The van der Waals surface area contributed by atoms with E-state index >= 15 is 0 Å². The summed E-state index contributed by atoms with van der Waals surface area (Å²) in [5.41, 5.74) is 2.02. The fourth-order valence-corrected chi connectivity index (χ4v) is 5.86. The largest absolute Gasteiger partial charge is 0.490 e. The van der Waals surface area contributed by atoms with E-state index in [0.29, 0.717) is 11.7 Å². The fourth-order valence-electron chi connectivity index (χ4n) is 4.72. The smallest absolute Gasteiger partial charge is 0.478 e. The molecule has 1 unspecified atom stereocenters. The lowest BCUT2D eigenvalue weighted by molar-refractivity contribution is -0.192. The second-order valence-corrected chi connectivity index (χ2v) is 11.7. The first kappa shape index (κ1) is 31.1. The van der Waals surface area contributed by atoms with E-state index in [-0.39, 0.29) is 16.1 Å². The number of aromatic carboxylic acids is 1.